The van der Waals surface area contributed by atoms with Crippen molar-refractivity contribution in [3.63, 3.8) is 0 Å². The maximum Gasteiger partial charge on any atom is 0.410 e. The van der Waals surface area contributed by atoms with Crippen LogP contribution in [-0.4, -0.2) is 64.8 Å². The molecule has 1 aliphatic heterocycles. The summed E-state index contributed by atoms with van der Waals surface area (Å²) >= 11 is 0. The predicted octanol–water partition coefficient (Wildman–Crippen LogP) is 1.40. The average Bonchev–Trinajstić information content (AvgIpc) is 2.72. The van der Waals surface area contributed by atoms with Gasteiger partial charge in [0.05, 0.1) is 6.54 Å². The molecule has 6 heteroatoms. The Balaban J connectivity index is 2.52. The van der Waals surface area contributed by atoms with E-state index >= 15 is 0 Å². The minimum absolute atomic E-state index is 0.0172. The molecule has 0 aromatic heterocycles. The second-order valence-corrected chi connectivity index (χ2v) is 5.83. The van der Waals surface area contributed by atoms with Crippen LogP contribution >= 0.6 is 0 Å². The molecule has 1 fully saturated rings. The second kappa shape index (κ2) is 6.23. The monoisotopic (exact) mass is 272 g/mol. The summed E-state index contributed by atoms with van der Waals surface area (Å²) in [4.78, 5) is 26.2. The minimum atomic E-state index is -0.836. The molecule has 0 aromatic carbocycles. The van der Waals surface area contributed by atoms with E-state index < -0.39 is 11.6 Å². The summed E-state index contributed by atoms with van der Waals surface area (Å²) in [6.45, 7) is 9.27. The molecule has 0 aromatic rings. The predicted molar refractivity (Wildman–Crippen MR) is 71.1 cm³/mol. The largest absolute Gasteiger partial charge is 0.480 e. The van der Waals surface area contributed by atoms with Gasteiger partial charge >= 0.3 is 12.1 Å². The number of hydrogen-bond acceptors (Lipinski definition) is 4. The van der Waals surface area contributed by atoms with Crippen LogP contribution in [0.2, 0.25) is 0 Å². The van der Waals surface area contributed by atoms with Crippen molar-refractivity contribution >= 4 is 12.1 Å². The van der Waals surface area contributed by atoms with Crippen molar-refractivity contribution in [1.82, 2.24) is 9.80 Å². The highest BCUT2D eigenvalue weighted by molar-refractivity contribution is 5.69. The number of nitrogens with zero attached hydrogens (tertiary/aromatic N) is 2. The van der Waals surface area contributed by atoms with E-state index in [9.17, 15) is 9.59 Å². The van der Waals surface area contributed by atoms with Gasteiger partial charge in [0.2, 0.25) is 0 Å². The van der Waals surface area contributed by atoms with Crippen LogP contribution in [0.1, 0.15) is 34.1 Å². The Morgan fingerprint density at radius 2 is 2.05 bits per heavy atom. The van der Waals surface area contributed by atoms with Gasteiger partial charge in [-0.25, -0.2) is 4.79 Å². The van der Waals surface area contributed by atoms with E-state index in [0.29, 0.717) is 19.6 Å². The van der Waals surface area contributed by atoms with Crippen LogP contribution in [-0.2, 0) is 9.53 Å². The highest BCUT2D eigenvalue weighted by atomic mass is 16.6. The fraction of sp³-hybridized carbons (Fsp3) is 0.846. The molecule has 0 radical (unpaired) electrons. The quantitative estimate of drug-likeness (QED) is 0.837. The van der Waals surface area contributed by atoms with Gasteiger partial charge in [-0.15, -0.1) is 0 Å². The Labute approximate surface area is 114 Å². The Morgan fingerprint density at radius 1 is 1.42 bits per heavy atom. The lowest BCUT2D eigenvalue weighted by Crippen LogP contribution is -2.42. The van der Waals surface area contributed by atoms with E-state index in [1.165, 1.54) is 0 Å². The fourth-order valence-corrected chi connectivity index (χ4v) is 2.21. The molecule has 0 unspecified atom stereocenters. The van der Waals surface area contributed by atoms with Crippen molar-refractivity contribution < 1.29 is 19.4 Å². The molecule has 0 aliphatic carbocycles. The first kappa shape index (κ1) is 15.8. The van der Waals surface area contributed by atoms with E-state index in [1.807, 2.05) is 32.6 Å². The van der Waals surface area contributed by atoms with Crippen molar-refractivity contribution in [3.8, 4) is 0 Å². The van der Waals surface area contributed by atoms with Crippen LogP contribution in [0.5, 0.6) is 0 Å². The molecule has 1 heterocycles. The summed E-state index contributed by atoms with van der Waals surface area (Å²) in [5.74, 6) is -0.836. The SMILES string of the molecule is CCN(CC(=O)O)[C@@H]1CCN(C(=O)OC(C)(C)C)C1. The number of likely N-dealkylation sites (N-methyl/N-ethyl adjacent to an activating group) is 1. The molecule has 0 saturated carbocycles. The van der Waals surface area contributed by atoms with E-state index in [1.54, 1.807) is 4.90 Å². The summed E-state index contributed by atoms with van der Waals surface area (Å²) in [6, 6.07) is 0.105. The Hall–Kier alpha value is -1.30. The third-order valence-corrected chi connectivity index (χ3v) is 3.08. The number of carboxylic acids is 1. The molecule has 19 heavy (non-hydrogen) atoms. The van der Waals surface area contributed by atoms with Gasteiger partial charge in [0.15, 0.2) is 0 Å². The van der Waals surface area contributed by atoms with Crippen LogP contribution in [0.25, 0.3) is 0 Å². The van der Waals surface area contributed by atoms with E-state index in [-0.39, 0.29) is 18.7 Å². The lowest BCUT2D eigenvalue weighted by molar-refractivity contribution is -0.138. The summed E-state index contributed by atoms with van der Waals surface area (Å²) in [6.07, 6.45) is 0.474. The molecular formula is C13H24N2O4. The Morgan fingerprint density at radius 3 is 2.53 bits per heavy atom. The van der Waals surface area contributed by atoms with Gasteiger partial charge in [-0.3, -0.25) is 9.69 Å². The maximum atomic E-state index is 11.9. The van der Waals surface area contributed by atoms with E-state index in [0.717, 1.165) is 6.42 Å². The number of carbonyl (C=O) groups excluding carboxylic acids is 1. The first-order valence-corrected chi connectivity index (χ1v) is 6.66. The number of carboxylic acid groups (broad SMARTS) is 1. The molecule has 0 bridgehead atoms. The van der Waals surface area contributed by atoms with E-state index in [2.05, 4.69) is 0 Å². The zero-order valence-corrected chi connectivity index (χ0v) is 12.2. The highest BCUT2D eigenvalue weighted by Crippen LogP contribution is 2.18. The van der Waals surface area contributed by atoms with Crippen molar-refractivity contribution in [2.75, 3.05) is 26.2 Å². The number of aliphatic carboxylic acids is 1. The molecule has 6 nitrogen and oxygen atoms in total. The van der Waals surface area contributed by atoms with Gasteiger partial charge in [0, 0.05) is 19.1 Å². The summed E-state index contributed by atoms with van der Waals surface area (Å²) in [5, 5.41) is 8.86. The average molecular weight is 272 g/mol. The smallest absolute Gasteiger partial charge is 0.410 e. The second-order valence-electron chi connectivity index (χ2n) is 5.83. The minimum Gasteiger partial charge on any atom is -0.480 e. The van der Waals surface area contributed by atoms with Crippen LogP contribution in [0.3, 0.4) is 0 Å². The maximum absolute atomic E-state index is 11.9. The third kappa shape index (κ3) is 5.06. The number of hydrogen-bond donors (Lipinski definition) is 1. The topological polar surface area (TPSA) is 70.1 Å². The van der Waals surface area contributed by atoms with E-state index in [4.69, 9.17) is 9.84 Å². The third-order valence-electron chi connectivity index (χ3n) is 3.08. The van der Waals surface area contributed by atoms with Gasteiger partial charge in [0.25, 0.3) is 0 Å². The first-order valence-electron chi connectivity index (χ1n) is 6.66. The lowest BCUT2D eigenvalue weighted by atomic mass is 10.2. The van der Waals surface area contributed by atoms with Crippen molar-refractivity contribution in [3.05, 3.63) is 0 Å². The fourth-order valence-electron chi connectivity index (χ4n) is 2.21. The molecule has 110 valence electrons. The Bertz CT molecular complexity index is 338. The number of carbonyl (C=O) groups is 2. The van der Waals surface area contributed by atoms with Crippen LogP contribution < -0.4 is 0 Å². The number of likely N-dealkylation sites (tertiary alicyclic amines) is 1. The molecule has 0 spiro atoms. The van der Waals surface area contributed by atoms with Gasteiger partial charge in [0.1, 0.15) is 5.60 Å². The number of amides is 1. The zero-order valence-electron chi connectivity index (χ0n) is 12.2. The van der Waals surface area contributed by atoms with Gasteiger partial charge in [-0.2, -0.15) is 0 Å². The number of rotatable bonds is 4. The normalized spacial score (nSPS) is 19.8. The summed E-state index contributed by atoms with van der Waals surface area (Å²) in [7, 11) is 0. The summed E-state index contributed by atoms with van der Waals surface area (Å²) < 4.78 is 5.32. The Kier molecular flexibility index (Phi) is 5.17. The van der Waals surface area contributed by atoms with Crippen LogP contribution in [0.4, 0.5) is 4.79 Å². The van der Waals surface area contributed by atoms with Crippen molar-refractivity contribution in [2.45, 2.75) is 45.8 Å². The van der Waals surface area contributed by atoms with Gasteiger partial charge in [-0.1, -0.05) is 6.92 Å². The van der Waals surface area contributed by atoms with Crippen molar-refractivity contribution in [2.24, 2.45) is 0 Å². The molecule has 1 atom stereocenters. The molecule has 1 saturated heterocycles. The molecule has 1 rings (SSSR count). The standard InChI is InChI=1S/C13H24N2O4/c1-5-14(9-11(16)17)10-6-7-15(8-10)12(18)19-13(2,3)4/h10H,5-9H2,1-4H3,(H,16,17)/t10-/m1/s1. The van der Waals surface area contributed by atoms with Crippen molar-refractivity contribution in [1.29, 1.82) is 0 Å². The molecule has 1 aliphatic rings. The molecular weight excluding hydrogens is 248 g/mol. The number of ether oxygens (including phenoxy) is 1. The van der Waals surface area contributed by atoms with Gasteiger partial charge < -0.3 is 14.7 Å². The van der Waals surface area contributed by atoms with Crippen LogP contribution in [0, 0.1) is 0 Å². The zero-order chi connectivity index (χ0) is 14.6. The molecule has 1 amide bonds. The molecule has 1 N–H and O–H groups in total. The van der Waals surface area contributed by atoms with Gasteiger partial charge in [-0.05, 0) is 33.7 Å². The summed E-state index contributed by atoms with van der Waals surface area (Å²) in [5.41, 5.74) is -0.499. The van der Waals surface area contributed by atoms with Crippen LogP contribution in [0.15, 0.2) is 0 Å². The first-order chi connectivity index (χ1) is 8.73. The highest BCUT2D eigenvalue weighted by Gasteiger charge is 2.32. The lowest BCUT2D eigenvalue weighted by Gasteiger charge is -2.27.